The maximum absolute atomic E-state index is 5.72. The molecule has 0 radical (unpaired) electrons. The Morgan fingerprint density at radius 1 is 1.04 bits per heavy atom. The fourth-order valence-electron chi connectivity index (χ4n) is 7.00. The molecule has 4 aliphatic rings. The molecule has 0 amide bonds. The van der Waals surface area contributed by atoms with Gasteiger partial charge in [0.05, 0.1) is 5.52 Å². The van der Waals surface area contributed by atoms with E-state index in [1.807, 2.05) is 6.07 Å². The number of benzene rings is 1. The third-order valence-corrected chi connectivity index (χ3v) is 8.18. The number of pyridine rings is 1. The highest BCUT2D eigenvalue weighted by Gasteiger charge is 2.54. The number of nitrogens with one attached hydrogen (secondary N) is 1. The zero-order chi connectivity index (χ0) is 18.9. The van der Waals surface area contributed by atoms with Crippen LogP contribution in [0.5, 0.6) is 0 Å². The molecule has 0 spiro atoms. The molecule has 0 aliphatic heterocycles. The molecule has 2 aromatic heterocycles. The first kappa shape index (κ1) is 16.9. The van der Waals surface area contributed by atoms with Gasteiger partial charge in [-0.25, -0.2) is 4.98 Å². The minimum atomic E-state index is 0.357. The van der Waals surface area contributed by atoms with Crippen LogP contribution in [0.2, 0.25) is 0 Å². The van der Waals surface area contributed by atoms with E-state index in [2.05, 4.69) is 52.0 Å². The monoisotopic (exact) mass is 390 g/mol. The van der Waals surface area contributed by atoms with Crippen LogP contribution in [0.1, 0.15) is 51.5 Å². The quantitative estimate of drug-likeness (QED) is 0.564. The van der Waals surface area contributed by atoms with E-state index in [0.29, 0.717) is 11.5 Å². The highest BCUT2D eigenvalue weighted by molar-refractivity contribution is 7.71. The van der Waals surface area contributed by atoms with Crippen molar-refractivity contribution in [1.29, 1.82) is 0 Å². The van der Waals surface area contributed by atoms with Crippen LogP contribution in [0.4, 0.5) is 0 Å². The Balaban J connectivity index is 1.44. The zero-order valence-corrected chi connectivity index (χ0v) is 17.1. The number of hydrogen-bond acceptors (Lipinski definition) is 3. The SMILES string of the molecule is C[C@@H](n1c(-c2ccc3ccccc3n2)n[nH]c1=S)C12CC3CC(CC(C3)C1)C2. The summed E-state index contributed by atoms with van der Waals surface area (Å²) in [7, 11) is 0. The Kier molecular flexibility index (Phi) is 3.62. The summed E-state index contributed by atoms with van der Waals surface area (Å²) in [6, 6.07) is 12.8. The van der Waals surface area contributed by atoms with Gasteiger partial charge in [-0.05, 0) is 93.0 Å². The number of nitrogens with zero attached hydrogens (tertiary/aromatic N) is 3. The molecule has 1 atom stereocenters. The van der Waals surface area contributed by atoms with Crippen LogP contribution in [0.15, 0.2) is 36.4 Å². The van der Waals surface area contributed by atoms with Crippen molar-refractivity contribution in [2.75, 3.05) is 0 Å². The average molecular weight is 391 g/mol. The molecule has 3 aromatic rings. The first-order chi connectivity index (χ1) is 13.6. The summed E-state index contributed by atoms with van der Waals surface area (Å²) in [5.74, 6) is 3.67. The van der Waals surface area contributed by atoms with E-state index in [4.69, 9.17) is 17.2 Å². The van der Waals surface area contributed by atoms with E-state index in [-0.39, 0.29) is 0 Å². The van der Waals surface area contributed by atoms with Crippen LogP contribution in [0.3, 0.4) is 0 Å². The third-order valence-electron chi connectivity index (χ3n) is 7.89. The highest BCUT2D eigenvalue weighted by Crippen LogP contribution is 2.63. The maximum atomic E-state index is 5.72. The van der Waals surface area contributed by atoms with E-state index in [0.717, 1.165) is 44.9 Å². The molecular weight excluding hydrogens is 364 g/mol. The molecule has 4 saturated carbocycles. The maximum Gasteiger partial charge on any atom is 0.195 e. The number of rotatable bonds is 3. The molecule has 1 aromatic carbocycles. The van der Waals surface area contributed by atoms with E-state index in [9.17, 15) is 0 Å². The van der Waals surface area contributed by atoms with Gasteiger partial charge in [0, 0.05) is 11.4 Å². The van der Waals surface area contributed by atoms with Gasteiger partial charge in [-0.15, -0.1) is 0 Å². The second-order valence-corrected chi connectivity index (χ2v) is 9.95. The summed E-state index contributed by atoms with van der Waals surface area (Å²) < 4.78 is 3.01. The summed E-state index contributed by atoms with van der Waals surface area (Å²) in [6.07, 6.45) is 8.46. The lowest BCUT2D eigenvalue weighted by Crippen LogP contribution is -2.49. The van der Waals surface area contributed by atoms with E-state index in [1.165, 1.54) is 38.5 Å². The third kappa shape index (κ3) is 2.45. The molecule has 2 heterocycles. The van der Waals surface area contributed by atoms with Gasteiger partial charge in [0.2, 0.25) is 0 Å². The van der Waals surface area contributed by atoms with Gasteiger partial charge < -0.3 is 0 Å². The standard InChI is InChI=1S/C23H26N4S/c1-14(23-11-15-8-16(12-23)10-17(9-15)13-23)27-21(25-26-22(27)28)20-7-6-18-4-2-3-5-19(18)24-20/h2-7,14-17H,8-13H2,1H3,(H,26,28)/t14-,15?,16?,17?,23?/m1/s1. The molecule has 4 bridgehead atoms. The largest absolute Gasteiger partial charge is 0.295 e. The van der Waals surface area contributed by atoms with E-state index >= 15 is 0 Å². The molecule has 4 fully saturated rings. The number of aromatic nitrogens is 4. The van der Waals surface area contributed by atoms with E-state index < -0.39 is 0 Å². The van der Waals surface area contributed by atoms with Crippen LogP contribution in [-0.4, -0.2) is 19.7 Å². The predicted molar refractivity (Wildman–Crippen MR) is 113 cm³/mol. The minimum Gasteiger partial charge on any atom is -0.295 e. The Morgan fingerprint density at radius 3 is 2.43 bits per heavy atom. The average Bonchev–Trinajstić information content (AvgIpc) is 3.07. The second kappa shape index (κ2) is 5.99. The Hall–Kier alpha value is -2.01. The van der Waals surface area contributed by atoms with Crippen molar-refractivity contribution in [3.8, 4) is 11.5 Å². The van der Waals surface area contributed by atoms with Crippen molar-refractivity contribution < 1.29 is 0 Å². The second-order valence-electron chi connectivity index (χ2n) is 9.57. The predicted octanol–water partition coefficient (Wildman–Crippen LogP) is 5.93. The van der Waals surface area contributed by atoms with Crippen molar-refractivity contribution in [3.05, 3.63) is 41.2 Å². The van der Waals surface area contributed by atoms with E-state index in [1.54, 1.807) is 0 Å². The van der Waals surface area contributed by atoms with Crippen LogP contribution in [0, 0.1) is 27.9 Å². The lowest BCUT2D eigenvalue weighted by molar-refractivity contribution is -0.0788. The smallest absolute Gasteiger partial charge is 0.195 e. The van der Waals surface area contributed by atoms with Gasteiger partial charge in [0.1, 0.15) is 5.69 Å². The van der Waals surface area contributed by atoms with Gasteiger partial charge in [-0.2, -0.15) is 5.10 Å². The van der Waals surface area contributed by atoms with Crippen LogP contribution < -0.4 is 0 Å². The normalized spacial score (nSPS) is 32.1. The van der Waals surface area contributed by atoms with Gasteiger partial charge in [0.15, 0.2) is 10.6 Å². The fraction of sp³-hybridized carbons (Fsp3) is 0.522. The lowest BCUT2D eigenvalue weighted by atomic mass is 9.48. The molecule has 0 saturated heterocycles. The van der Waals surface area contributed by atoms with Crippen molar-refractivity contribution >= 4 is 23.1 Å². The molecule has 4 nitrogen and oxygen atoms in total. The summed E-state index contributed by atoms with van der Waals surface area (Å²) in [4.78, 5) is 4.90. The Morgan fingerprint density at radius 2 is 1.71 bits per heavy atom. The molecule has 7 rings (SSSR count). The summed E-state index contributed by atoms with van der Waals surface area (Å²) in [6.45, 7) is 2.38. The molecule has 4 aliphatic carbocycles. The van der Waals surface area contributed by atoms with Gasteiger partial charge in [0.25, 0.3) is 0 Å². The summed E-state index contributed by atoms with van der Waals surface area (Å²) >= 11 is 5.72. The first-order valence-electron chi connectivity index (χ1n) is 10.6. The van der Waals surface area contributed by atoms with Crippen LogP contribution in [0.25, 0.3) is 22.4 Å². The summed E-state index contributed by atoms with van der Waals surface area (Å²) in [5.41, 5.74) is 2.29. The molecule has 0 unspecified atom stereocenters. The summed E-state index contributed by atoms with van der Waals surface area (Å²) in [5, 5.41) is 8.85. The number of hydrogen-bond donors (Lipinski definition) is 1. The van der Waals surface area contributed by atoms with Gasteiger partial charge in [-0.1, -0.05) is 24.3 Å². The Bertz CT molecular complexity index is 1080. The first-order valence-corrected chi connectivity index (χ1v) is 11.1. The van der Waals surface area contributed by atoms with Crippen LogP contribution >= 0.6 is 12.2 Å². The van der Waals surface area contributed by atoms with Crippen LogP contribution in [-0.2, 0) is 0 Å². The fourth-order valence-corrected chi connectivity index (χ4v) is 7.29. The minimum absolute atomic E-state index is 0.357. The van der Waals surface area contributed by atoms with Crippen molar-refractivity contribution in [2.24, 2.45) is 23.2 Å². The highest BCUT2D eigenvalue weighted by atomic mass is 32.1. The molecule has 144 valence electrons. The zero-order valence-electron chi connectivity index (χ0n) is 16.3. The molecule has 28 heavy (non-hydrogen) atoms. The number of H-pyrrole nitrogens is 1. The lowest BCUT2D eigenvalue weighted by Gasteiger charge is -2.59. The molecular formula is C23H26N4S. The number of fused-ring (bicyclic) bond motifs is 1. The van der Waals surface area contributed by atoms with Crippen molar-refractivity contribution in [3.63, 3.8) is 0 Å². The van der Waals surface area contributed by atoms with Gasteiger partial charge in [-0.3, -0.25) is 9.67 Å². The van der Waals surface area contributed by atoms with Gasteiger partial charge >= 0.3 is 0 Å². The van der Waals surface area contributed by atoms with Crippen molar-refractivity contribution in [1.82, 2.24) is 19.7 Å². The number of aromatic amines is 1. The molecule has 1 N–H and O–H groups in total. The topological polar surface area (TPSA) is 46.5 Å². The molecule has 5 heteroatoms. The number of para-hydroxylation sites is 1. The Labute approximate surface area is 170 Å². The van der Waals surface area contributed by atoms with Crippen molar-refractivity contribution in [2.45, 2.75) is 51.5 Å².